The second kappa shape index (κ2) is 7.05. The zero-order valence-electron chi connectivity index (χ0n) is 13.3. The minimum Gasteiger partial charge on any atom is -0.458 e. The average Bonchev–Trinajstić information content (AvgIpc) is 2.67. The molecule has 0 bridgehead atoms. The van der Waals surface area contributed by atoms with E-state index < -0.39 is 5.41 Å². The molecule has 0 aromatic rings. The molecule has 20 heavy (non-hydrogen) atoms. The standard InChI is InChI=1S/C17H28O3/c1-5-6-7-8-10-15(19)20-13-14(18)17(4)12-9-11-16(17,2)3/h9,11H,5-8,10,12-13H2,1-4H3/t17-/m0/s1. The van der Waals surface area contributed by atoms with Gasteiger partial charge in [-0.15, -0.1) is 0 Å². The van der Waals surface area contributed by atoms with Gasteiger partial charge in [0.1, 0.15) is 0 Å². The van der Waals surface area contributed by atoms with E-state index in [2.05, 4.69) is 26.8 Å². The van der Waals surface area contributed by atoms with E-state index in [1.807, 2.05) is 13.0 Å². The van der Waals surface area contributed by atoms with E-state index >= 15 is 0 Å². The van der Waals surface area contributed by atoms with Crippen molar-refractivity contribution in [2.75, 3.05) is 6.61 Å². The normalized spacial score (nSPS) is 23.8. The molecule has 1 atom stereocenters. The smallest absolute Gasteiger partial charge is 0.306 e. The minimum atomic E-state index is -0.449. The fourth-order valence-electron chi connectivity index (χ4n) is 2.58. The van der Waals surface area contributed by atoms with Gasteiger partial charge in [-0.05, 0) is 18.3 Å². The Morgan fingerprint density at radius 2 is 1.85 bits per heavy atom. The molecule has 0 spiro atoms. The Labute approximate surface area is 122 Å². The van der Waals surface area contributed by atoms with Crippen LogP contribution in [0, 0.1) is 10.8 Å². The van der Waals surface area contributed by atoms with Gasteiger partial charge in [0.2, 0.25) is 0 Å². The number of hydrogen-bond acceptors (Lipinski definition) is 3. The molecule has 0 N–H and O–H groups in total. The van der Waals surface area contributed by atoms with Gasteiger partial charge in [0.25, 0.3) is 0 Å². The molecule has 0 radical (unpaired) electrons. The second-order valence-electron chi connectivity index (χ2n) is 6.55. The van der Waals surface area contributed by atoms with Crippen LogP contribution in [0.3, 0.4) is 0 Å². The molecule has 1 rings (SSSR count). The Kier molecular flexibility index (Phi) is 5.97. The molecule has 0 saturated carbocycles. The van der Waals surface area contributed by atoms with Crippen LogP contribution in [0.2, 0.25) is 0 Å². The summed E-state index contributed by atoms with van der Waals surface area (Å²) in [4.78, 5) is 23.9. The summed E-state index contributed by atoms with van der Waals surface area (Å²) < 4.78 is 5.14. The molecule has 1 aliphatic rings. The van der Waals surface area contributed by atoms with Crippen LogP contribution in [-0.4, -0.2) is 18.4 Å². The van der Waals surface area contributed by atoms with Gasteiger partial charge < -0.3 is 4.74 Å². The lowest BCUT2D eigenvalue weighted by molar-refractivity contribution is -0.152. The summed E-state index contributed by atoms with van der Waals surface area (Å²) in [5.41, 5.74) is -0.618. The summed E-state index contributed by atoms with van der Waals surface area (Å²) in [6.07, 6.45) is 9.47. The van der Waals surface area contributed by atoms with E-state index in [0.717, 1.165) is 32.1 Å². The Balaban J connectivity index is 2.35. The van der Waals surface area contributed by atoms with E-state index in [4.69, 9.17) is 4.74 Å². The number of carbonyl (C=O) groups excluding carboxylic acids is 2. The highest BCUT2D eigenvalue weighted by Crippen LogP contribution is 2.48. The first-order chi connectivity index (χ1) is 9.33. The molecule has 0 heterocycles. The highest BCUT2D eigenvalue weighted by atomic mass is 16.5. The molecule has 0 fully saturated rings. The van der Waals surface area contributed by atoms with Gasteiger partial charge in [0.15, 0.2) is 12.4 Å². The summed E-state index contributed by atoms with van der Waals surface area (Å²) in [5.74, 6) is -0.226. The van der Waals surface area contributed by atoms with Crippen molar-refractivity contribution in [3.05, 3.63) is 12.2 Å². The maximum Gasteiger partial charge on any atom is 0.306 e. The number of rotatable bonds is 8. The molecule has 0 aliphatic heterocycles. The van der Waals surface area contributed by atoms with Crippen LogP contribution in [0.5, 0.6) is 0 Å². The maximum absolute atomic E-state index is 12.3. The average molecular weight is 280 g/mol. The predicted octanol–water partition coefficient (Wildman–Crippen LogP) is 4.06. The van der Waals surface area contributed by atoms with Gasteiger partial charge in [-0.25, -0.2) is 0 Å². The van der Waals surface area contributed by atoms with E-state index in [0.29, 0.717) is 6.42 Å². The van der Waals surface area contributed by atoms with Crippen LogP contribution in [0.25, 0.3) is 0 Å². The topological polar surface area (TPSA) is 43.4 Å². The molecule has 3 nitrogen and oxygen atoms in total. The molecular formula is C17H28O3. The number of ether oxygens (including phenoxy) is 1. The fraction of sp³-hybridized carbons (Fsp3) is 0.765. The van der Waals surface area contributed by atoms with Crippen molar-refractivity contribution in [3.63, 3.8) is 0 Å². The number of allylic oxidation sites excluding steroid dienone is 2. The Bertz CT molecular complexity index is 382. The van der Waals surface area contributed by atoms with Crippen LogP contribution in [-0.2, 0) is 14.3 Å². The van der Waals surface area contributed by atoms with Crippen LogP contribution < -0.4 is 0 Å². The molecule has 0 unspecified atom stereocenters. The van der Waals surface area contributed by atoms with Gasteiger partial charge in [-0.2, -0.15) is 0 Å². The van der Waals surface area contributed by atoms with Crippen molar-refractivity contribution in [3.8, 4) is 0 Å². The molecule has 0 aromatic carbocycles. The predicted molar refractivity (Wildman–Crippen MR) is 80.4 cm³/mol. The van der Waals surface area contributed by atoms with Crippen molar-refractivity contribution in [1.29, 1.82) is 0 Å². The van der Waals surface area contributed by atoms with Crippen molar-refractivity contribution in [2.24, 2.45) is 10.8 Å². The van der Waals surface area contributed by atoms with Crippen LogP contribution in [0.1, 0.15) is 66.2 Å². The lowest BCUT2D eigenvalue weighted by Gasteiger charge is -2.36. The van der Waals surface area contributed by atoms with E-state index in [1.165, 1.54) is 0 Å². The molecule has 0 saturated heterocycles. The fourth-order valence-corrected chi connectivity index (χ4v) is 2.58. The molecule has 114 valence electrons. The van der Waals surface area contributed by atoms with E-state index in [1.54, 1.807) is 0 Å². The highest BCUT2D eigenvalue weighted by Gasteiger charge is 2.47. The van der Waals surface area contributed by atoms with Crippen molar-refractivity contribution < 1.29 is 14.3 Å². The maximum atomic E-state index is 12.3. The minimum absolute atomic E-state index is 0.0226. The quantitative estimate of drug-likeness (QED) is 0.382. The largest absolute Gasteiger partial charge is 0.458 e. The van der Waals surface area contributed by atoms with E-state index in [9.17, 15) is 9.59 Å². The molecular weight excluding hydrogens is 252 g/mol. The SMILES string of the molecule is CCCCCCC(=O)OCC(=O)[C@]1(C)CC=CC1(C)C. The van der Waals surface area contributed by atoms with E-state index in [-0.39, 0.29) is 23.8 Å². The molecule has 0 amide bonds. The van der Waals surface area contributed by atoms with Gasteiger partial charge >= 0.3 is 5.97 Å². The zero-order chi connectivity index (χ0) is 15.2. The van der Waals surface area contributed by atoms with Gasteiger partial charge in [0.05, 0.1) is 0 Å². The third-order valence-corrected chi connectivity index (χ3v) is 4.70. The Hall–Kier alpha value is -1.12. The second-order valence-corrected chi connectivity index (χ2v) is 6.55. The summed E-state index contributed by atoms with van der Waals surface area (Å²) >= 11 is 0. The number of unbranched alkanes of at least 4 members (excludes halogenated alkanes) is 3. The molecule has 0 aromatic heterocycles. The molecule has 3 heteroatoms. The highest BCUT2D eigenvalue weighted by molar-refractivity contribution is 5.89. The van der Waals surface area contributed by atoms with Gasteiger partial charge in [-0.1, -0.05) is 59.1 Å². The first kappa shape index (κ1) is 16.9. The summed E-state index contributed by atoms with van der Waals surface area (Å²) in [6, 6.07) is 0. The van der Waals surface area contributed by atoms with Crippen molar-refractivity contribution in [1.82, 2.24) is 0 Å². The van der Waals surface area contributed by atoms with Crippen LogP contribution in [0.15, 0.2) is 12.2 Å². The third-order valence-electron chi connectivity index (χ3n) is 4.70. The lowest BCUT2D eigenvalue weighted by Crippen LogP contribution is -2.40. The van der Waals surface area contributed by atoms with Crippen molar-refractivity contribution >= 4 is 11.8 Å². The number of esters is 1. The lowest BCUT2D eigenvalue weighted by atomic mass is 9.66. The Morgan fingerprint density at radius 3 is 2.40 bits per heavy atom. The first-order valence-electron chi connectivity index (χ1n) is 7.70. The van der Waals surface area contributed by atoms with Crippen LogP contribution in [0.4, 0.5) is 0 Å². The summed E-state index contributed by atoms with van der Waals surface area (Å²) in [5, 5.41) is 0. The van der Waals surface area contributed by atoms with Crippen LogP contribution >= 0.6 is 0 Å². The summed E-state index contributed by atoms with van der Waals surface area (Å²) in [6.45, 7) is 8.12. The Morgan fingerprint density at radius 1 is 1.15 bits per heavy atom. The van der Waals surface area contributed by atoms with Gasteiger partial charge in [0, 0.05) is 11.8 Å². The number of hydrogen-bond donors (Lipinski definition) is 0. The third kappa shape index (κ3) is 3.94. The monoisotopic (exact) mass is 280 g/mol. The van der Waals surface area contributed by atoms with Crippen molar-refractivity contribution in [2.45, 2.75) is 66.2 Å². The number of carbonyl (C=O) groups is 2. The molecule has 1 aliphatic carbocycles. The number of Topliss-reactive ketones (excluding diaryl/α,β-unsaturated/α-hetero) is 1. The summed E-state index contributed by atoms with van der Waals surface area (Å²) in [7, 11) is 0. The van der Waals surface area contributed by atoms with Gasteiger partial charge in [-0.3, -0.25) is 9.59 Å². The first-order valence-corrected chi connectivity index (χ1v) is 7.70. The number of ketones is 1. The zero-order valence-corrected chi connectivity index (χ0v) is 13.3.